The Labute approximate surface area is 59.9 Å². The maximum atomic E-state index is 5.26. The van der Waals surface area contributed by atoms with Gasteiger partial charge in [-0.3, -0.25) is 0 Å². The number of halogens is 2. The highest BCUT2D eigenvalue weighted by Crippen LogP contribution is 2.03. The van der Waals surface area contributed by atoms with Crippen molar-refractivity contribution in [3.05, 3.63) is 0 Å². The standard InChI is InChI=1S/C5H10Cl2O/c1-2-3-4-8-5(6)7/h5H,2-4H2,1H3. The molecule has 0 aromatic heterocycles. The minimum absolute atomic E-state index is 0.651. The van der Waals surface area contributed by atoms with E-state index in [1.165, 1.54) is 0 Å². The molecule has 50 valence electrons. The summed E-state index contributed by atoms with van der Waals surface area (Å²) in [6.45, 7) is 2.75. The third kappa shape index (κ3) is 6.54. The Morgan fingerprint density at radius 3 is 2.50 bits per heavy atom. The number of rotatable bonds is 4. The first-order chi connectivity index (χ1) is 3.77. The van der Waals surface area contributed by atoms with E-state index in [0.717, 1.165) is 12.8 Å². The Hall–Kier alpha value is 0.540. The molecular formula is C5H10Cl2O. The first-order valence-corrected chi connectivity index (χ1v) is 3.54. The summed E-state index contributed by atoms with van der Waals surface area (Å²) in [5, 5.41) is -0.651. The smallest absolute Gasteiger partial charge is 0.206 e. The molecule has 0 fully saturated rings. The van der Waals surface area contributed by atoms with Gasteiger partial charge in [0.15, 0.2) is 0 Å². The molecule has 0 aliphatic carbocycles. The van der Waals surface area contributed by atoms with Gasteiger partial charge in [-0.2, -0.15) is 0 Å². The number of hydrogen-bond donors (Lipinski definition) is 0. The predicted octanol–water partition coefficient (Wildman–Crippen LogP) is 2.56. The quantitative estimate of drug-likeness (QED) is 0.450. The average molecular weight is 157 g/mol. The van der Waals surface area contributed by atoms with E-state index in [-0.39, 0.29) is 0 Å². The predicted molar refractivity (Wildman–Crippen MR) is 36.4 cm³/mol. The van der Waals surface area contributed by atoms with Gasteiger partial charge in [0.1, 0.15) is 0 Å². The van der Waals surface area contributed by atoms with Crippen LogP contribution in [0.15, 0.2) is 0 Å². The summed E-state index contributed by atoms with van der Waals surface area (Å²) in [4.78, 5) is 0. The van der Waals surface area contributed by atoms with Crippen LogP contribution in [-0.4, -0.2) is 11.6 Å². The first-order valence-electron chi connectivity index (χ1n) is 2.67. The molecule has 8 heavy (non-hydrogen) atoms. The van der Waals surface area contributed by atoms with Crippen molar-refractivity contribution < 1.29 is 4.74 Å². The maximum Gasteiger partial charge on any atom is 0.206 e. The lowest BCUT2D eigenvalue weighted by molar-refractivity contribution is 0.151. The van der Waals surface area contributed by atoms with Crippen LogP contribution >= 0.6 is 23.2 Å². The molecule has 0 atom stereocenters. The second-order valence-electron chi connectivity index (χ2n) is 1.48. The molecule has 1 nitrogen and oxygen atoms in total. The Morgan fingerprint density at radius 2 is 2.12 bits per heavy atom. The van der Waals surface area contributed by atoms with Crippen LogP contribution < -0.4 is 0 Å². The molecule has 0 amide bonds. The molecule has 0 saturated heterocycles. The lowest BCUT2D eigenvalue weighted by atomic mass is 10.4. The molecular weight excluding hydrogens is 147 g/mol. The fourth-order valence-electron chi connectivity index (χ4n) is 0.317. The highest BCUT2D eigenvalue weighted by molar-refractivity contribution is 6.43. The van der Waals surface area contributed by atoms with Gasteiger partial charge >= 0.3 is 0 Å². The summed E-state index contributed by atoms with van der Waals surface area (Å²) >= 11 is 10.5. The molecule has 0 aliphatic heterocycles. The number of hydrogen-bond acceptors (Lipinski definition) is 1. The summed E-state index contributed by atoms with van der Waals surface area (Å²) in [6, 6.07) is 0. The van der Waals surface area contributed by atoms with Crippen molar-refractivity contribution in [1.29, 1.82) is 0 Å². The van der Waals surface area contributed by atoms with Crippen LogP contribution in [0.1, 0.15) is 19.8 Å². The van der Waals surface area contributed by atoms with Crippen LogP contribution in [0.25, 0.3) is 0 Å². The van der Waals surface area contributed by atoms with Crippen LogP contribution in [0.4, 0.5) is 0 Å². The lowest BCUT2D eigenvalue weighted by Crippen LogP contribution is -1.97. The topological polar surface area (TPSA) is 9.23 Å². The van der Waals surface area contributed by atoms with Gasteiger partial charge in [0.05, 0.1) is 0 Å². The van der Waals surface area contributed by atoms with Crippen LogP contribution in [0, 0.1) is 0 Å². The molecule has 0 rings (SSSR count). The van der Waals surface area contributed by atoms with E-state index in [1.54, 1.807) is 0 Å². The number of unbranched alkanes of at least 4 members (excludes halogenated alkanes) is 1. The normalized spacial score (nSPS) is 10.5. The van der Waals surface area contributed by atoms with Crippen molar-refractivity contribution in [3.63, 3.8) is 0 Å². The highest BCUT2D eigenvalue weighted by atomic mass is 35.5. The number of alkyl halides is 2. The minimum atomic E-state index is -0.651. The van der Waals surface area contributed by atoms with Crippen molar-refractivity contribution in [2.45, 2.75) is 24.8 Å². The van der Waals surface area contributed by atoms with E-state index in [4.69, 9.17) is 27.9 Å². The molecule has 0 bridgehead atoms. The Bertz CT molecular complexity index is 47.7. The molecule has 0 aromatic rings. The number of ether oxygens (including phenoxy) is 1. The van der Waals surface area contributed by atoms with E-state index in [2.05, 4.69) is 6.92 Å². The SMILES string of the molecule is CCCCOC(Cl)Cl. The Balaban J connectivity index is 2.72. The molecule has 0 spiro atoms. The molecule has 0 aromatic carbocycles. The molecule has 0 N–H and O–H groups in total. The summed E-state index contributed by atoms with van der Waals surface area (Å²) in [5.41, 5.74) is 0. The third-order valence-corrected chi connectivity index (χ3v) is 0.994. The second-order valence-corrected chi connectivity index (χ2v) is 2.50. The molecule has 3 heteroatoms. The summed E-state index contributed by atoms with van der Waals surface area (Å²) in [5.74, 6) is 0. The van der Waals surface area contributed by atoms with Gasteiger partial charge < -0.3 is 4.74 Å². The van der Waals surface area contributed by atoms with Crippen LogP contribution in [0.3, 0.4) is 0 Å². The first kappa shape index (κ1) is 8.54. The van der Waals surface area contributed by atoms with Gasteiger partial charge in [0, 0.05) is 6.61 Å². The Morgan fingerprint density at radius 1 is 1.50 bits per heavy atom. The highest BCUT2D eigenvalue weighted by Gasteiger charge is 1.93. The average Bonchev–Trinajstić information content (AvgIpc) is 1.66. The van der Waals surface area contributed by atoms with E-state index in [0.29, 0.717) is 6.61 Å². The van der Waals surface area contributed by atoms with Crippen molar-refractivity contribution in [1.82, 2.24) is 0 Å². The molecule has 0 saturated carbocycles. The zero-order chi connectivity index (χ0) is 6.41. The van der Waals surface area contributed by atoms with E-state index in [1.807, 2.05) is 0 Å². The van der Waals surface area contributed by atoms with Crippen molar-refractivity contribution in [2.24, 2.45) is 0 Å². The monoisotopic (exact) mass is 156 g/mol. The molecule has 0 aliphatic rings. The van der Waals surface area contributed by atoms with Crippen molar-refractivity contribution in [3.8, 4) is 0 Å². The van der Waals surface area contributed by atoms with Crippen molar-refractivity contribution in [2.75, 3.05) is 6.61 Å². The largest absolute Gasteiger partial charge is 0.349 e. The molecule has 0 unspecified atom stereocenters. The van der Waals surface area contributed by atoms with E-state index < -0.39 is 5.02 Å². The van der Waals surface area contributed by atoms with Crippen LogP contribution in [-0.2, 0) is 4.74 Å². The minimum Gasteiger partial charge on any atom is -0.349 e. The second kappa shape index (κ2) is 5.67. The third-order valence-electron chi connectivity index (χ3n) is 0.742. The zero-order valence-electron chi connectivity index (χ0n) is 4.86. The lowest BCUT2D eigenvalue weighted by Gasteiger charge is -2.00. The molecule has 0 radical (unpaired) electrons. The van der Waals surface area contributed by atoms with Gasteiger partial charge in [-0.25, -0.2) is 0 Å². The maximum absolute atomic E-state index is 5.26. The summed E-state index contributed by atoms with van der Waals surface area (Å²) in [7, 11) is 0. The van der Waals surface area contributed by atoms with E-state index in [9.17, 15) is 0 Å². The van der Waals surface area contributed by atoms with Gasteiger partial charge in [-0.05, 0) is 6.42 Å². The van der Waals surface area contributed by atoms with E-state index >= 15 is 0 Å². The van der Waals surface area contributed by atoms with Crippen LogP contribution in [0.5, 0.6) is 0 Å². The Kier molecular flexibility index (Phi) is 6.06. The van der Waals surface area contributed by atoms with Gasteiger partial charge in [-0.1, -0.05) is 36.5 Å². The fraction of sp³-hybridized carbons (Fsp3) is 1.00. The van der Waals surface area contributed by atoms with Crippen molar-refractivity contribution >= 4 is 23.2 Å². The van der Waals surface area contributed by atoms with Gasteiger partial charge in [0.25, 0.3) is 0 Å². The van der Waals surface area contributed by atoms with Gasteiger partial charge in [0.2, 0.25) is 5.02 Å². The zero-order valence-corrected chi connectivity index (χ0v) is 6.37. The summed E-state index contributed by atoms with van der Waals surface area (Å²) in [6.07, 6.45) is 2.14. The fourth-order valence-corrected chi connectivity index (χ4v) is 0.495. The molecule has 0 heterocycles. The summed E-state index contributed by atoms with van der Waals surface area (Å²) < 4.78 is 4.81. The van der Waals surface area contributed by atoms with Crippen LogP contribution in [0.2, 0.25) is 0 Å². The van der Waals surface area contributed by atoms with Gasteiger partial charge in [-0.15, -0.1) is 0 Å².